The minimum absolute atomic E-state index is 0.231. The third-order valence-electron chi connectivity index (χ3n) is 5.42. The zero-order valence-electron chi connectivity index (χ0n) is 16.3. The SMILES string of the molecule is O=C(Nc1ccc(-c2cc3c(C4CCOCC4)ncnc3[nH]2)cc1)c1ccccn1. The van der Waals surface area contributed by atoms with E-state index in [1.54, 1.807) is 30.7 Å². The molecule has 0 radical (unpaired) electrons. The van der Waals surface area contributed by atoms with Crippen LogP contribution in [0.2, 0.25) is 0 Å². The smallest absolute Gasteiger partial charge is 0.274 e. The highest BCUT2D eigenvalue weighted by Crippen LogP contribution is 2.32. The number of pyridine rings is 1. The van der Waals surface area contributed by atoms with Gasteiger partial charge in [-0.2, -0.15) is 0 Å². The van der Waals surface area contributed by atoms with Gasteiger partial charge in [0.05, 0.1) is 5.69 Å². The number of aromatic amines is 1. The predicted octanol–water partition coefficient (Wildman–Crippen LogP) is 4.17. The lowest BCUT2D eigenvalue weighted by molar-refractivity contribution is 0.0848. The zero-order chi connectivity index (χ0) is 20.3. The summed E-state index contributed by atoms with van der Waals surface area (Å²) in [7, 11) is 0. The van der Waals surface area contributed by atoms with Gasteiger partial charge in [0.25, 0.3) is 5.91 Å². The maximum absolute atomic E-state index is 12.3. The van der Waals surface area contributed by atoms with E-state index in [1.807, 2.05) is 24.3 Å². The van der Waals surface area contributed by atoms with Gasteiger partial charge in [0.2, 0.25) is 0 Å². The molecule has 1 aliphatic rings. The molecule has 0 unspecified atom stereocenters. The van der Waals surface area contributed by atoms with E-state index in [9.17, 15) is 4.79 Å². The Morgan fingerprint density at radius 2 is 1.87 bits per heavy atom. The summed E-state index contributed by atoms with van der Waals surface area (Å²) < 4.78 is 5.49. The summed E-state index contributed by atoms with van der Waals surface area (Å²) in [6.45, 7) is 1.55. The molecule has 7 heteroatoms. The van der Waals surface area contributed by atoms with Crippen molar-refractivity contribution in [3.8, 4) is 11.3 Å². The quantitative estimate of drug-likeness (QED) is 0.537. The van der Waals surface area contributed by atoms with Crippen LogP contribution in [0.25, 0.3) is 22.3 Å². The number of ether oxygens (including phenoxy) is 1. The van der Waals surface area contributed by atoms with Crippen LogP contribution in [0.15, 0.2) is 61.1 Å². The number of aromatic nitrogens is 4. The molecular weight excluding hydrogens is 378 g/mol. The van der Waals surface area contributed by atoms with Gasteiger partial charge >= 0.3 is 0 Å². The van der Waals surface area contributed by atoms with E-state index in [-0.39, 0.29) is 5.91 Å². The molecule has 1 fully saturated rings. The van der Waals surface area contributed by atoms with E-state index in [2.05, 4.69) is 31.3 Å². The number of carbonyl (C=O) groups excluding carboxylic acids is 1. The first kappa shape index (κ1) is 18.4. The normalized spacial score (nSPS) is 14.7. The molecule has 0 bridgehead atoms. The van der Waals surface area contributed by atoms with Gasteiger partial charge in [-0.25, -0.2) is 9.97 Å². The fourth-order valence-electron chi connectivity index (χ4n) is 3.84. The molecule has 150 valence electrons. The van der Waals surface area contributed by atoms with Gasteiger partial charge in [0.1, 0.15) is 17.7 Å². The zero-order valence-corrected chi connectivity index (χ0v) is 16.3. The number of nitrogens with zero attached hydrogens (tertiary/aromatic N) is 3. The summed E-state index contributed by atoms with van der Waals surface area (Å²) in [6.07, 6.45) is 5.20. The molecule has 0 atom stereocenters. The van der Waals surface area contributed by atoms with Crippen LogP contribution >= 0.6 is 0 Å². The number of fused-ring (bicyclic) bond motifs is 1. The number of hydrogen-bond donors (Lipinski definition) is 2. The van der Waals surface area contributed by atoms with Crippen LogP contribution in [0.5, 0.6) is 0 Å². The van der Waals surface area contributed by atoms with E-state index in [4.69, 9.17) is 4.74 Å². The van der Waals surface area contributed by atoms with Crippen LogP contribution in [0.1, 0.15) is 34.9 Å². The minimum atomic E-state index is -0.231. The summed E-state index contributed by atoms with van der Waals surface area (Å²) in [5, 5.41) is 3.93. The first-order chi connectivity index (χ1) is 14.8. The maximum Gasteiger partial charge on any atom is 0.274 e. The van der Waals surface area contributed by atoms with Gasteiger partial charge in [-0.3, -0.25) is 9.78 Å². The van der Waals surface area contributed by atoms with Gasteiger partial charge in [0.15, 0.2) is 0 Å². The second-order valence-electron chi connectivity index (χ2n) is 7.34. The molecule has 30 heavy (non-hydrogen) atoms. The summed E-state index contributed by atoms with van der Waals surface area (Å²) in [4.78, 5) is 28.7. The van der Waals surface area contributed by atoms with E-state index >= 15 is 0 Å². The first-order valence-electron chi connectivity index (χ1n) is 10.0. The highest BCUT2D eigenvalue weighted by Gasteiger charge is 2.21. The Labute approximate surface area is 173 Å². The molecule has 1 saturated heterocycles. The molecular formula is C23H21N5O2. The van der Waals surface area contributed by atoms with Crippen molar-refractivity contribution in [2.24, 2.45) is 0 Å². The van der Waals surface area contributed by atoms with Crippen LogP contribution in [0.4, 0.5) is 5.69 Å². The largest absolute Gasteiger partial charge is 0.381 e. The minimum Gasteiger partial charge on any atom is -0.381 e. The van der Waals surface area contributed by atoms with Gasteiger partial charge in [-0.1, -0.05) is 18.2 Å². The Morgan fingerprint density at radius 1 is 1.03 bits per heavy atom. The Hall–Kier alpha value is -3.58. The Balaban J connectivity index is 1.38. The van der Waals surface area contributed by atoms with E-state index in [0.29, 0.717) is 17.3 Å². The molecule has 4 aromatic rings. The van der Waals surface area contributed by atoms with Crippen LogP contribution in [-0.2, 0) is 4.74 Å². The third-order valence-corrected chi connectivity index (χ3v) is 5.42. The molecule has 0 saturated carbocycles. The molecule has 0 aliphatic carbocycles. The number of H-pyrrole nitrogens is 1. The average molecular weight is 399 g/mol. The number of rotatable bonds is 4. The number of hydrogen-bond acceptors (Lipinski definition) is 5. The second-order valence-corrected chi connectivity index (χ2v) is 7.34. The van der Waals surface area contributed by atoms with Gasteiger partial charge in [-0.15, -0.1) is 0 Å². The Morgan fingerprint density at radius 3 is 2.63 bits per heavy atom. The molecule has 5 rings (SSSR count). The predicted molar refractivity (Wildman–Crippen MR) is 114 cm³/mol. The molecule has 2 N–H and O–H groups in total. The van der Waals surface area contributed by atoms with Crippen molar-refractivity contribution in [2.45, 2.75) is 18.8 Å². The molecule has 1 aliphatic heterocycles. The van der Waals surface area contributed by atoms with Crippen molar-refractivity contribution in [3.05, 3.63) is 72.4 Å². The number of carbonyl (C=O) groups is 1. The monoisotopic (exact) mass is 399 g/mol. The van der Waals surface area contributed by atoms with Crippen molar-refractivity contribution >= 4 is 22.6 Å². The lowest BCUT2D eigenvalue weighted by atomic mass is 9.94. The average Bonchev–Trinajstić information content (AvgIpc) is 3.25. The molecule has 0 spiro atoms. The second kappa shape index (κ2) is 8.04. The van der Waals surface area contributed by atoms with E-state index in [0.717, 1.165) is 54.0 Å². The number of benzene rings is 1. The van der Waals surface area contributed by atoms with Gasteiger partial charge in [0, 0.05) is 42.1 Å². The van der Waals surface area contributed by atoms with Crippen LogP contribution < -0.4 is 5.32 Å². The highest BCUT2D eigenvalue weighted by molar-refractivity contribution is 6.02. The van der Waals surface area contributed by atoms with Crippen molar-refractivity contribution in [1.29, 1.82) is 0 Å². The molecule has 4 heterocycles. The topological polar surface area (TPSA) is 92.8 Å². The first-order valence-corrected chi connectivity index (χ1v) is 10.0. The molecule has 7 nitrogen and oxygen atoms in total. The number of nitrogens with one attached hydrogen (secondary N) is 2. The molecule has 3 aromatic heterocycles. The third kappa shape index (κ3) is 3.67. The Kier molecular flexibility index (Phi) is 4.94. The maximum atomic E-state index is 12.3. The van der Waals surface area contributed by atoms with Gasteiger partial charge < -0.3 is 15.0 Å². The molecule has 1 aromatic carbocycles. The molecule has 1 amide bonds. The van der Waals surface area contributed by atoms with Gasteiger partial charge in [-0.05, 0) is 48.7 Å². The highest BCUT2D eigenvalue weighted by atomic mass is 16.5. The van der Waals surface area contributed by atoms with Crippen molar-refractivity contribution in [2.75, 3.05) is 18.5 Å². The summed E-state index contributed by atoms with van der Waals surface area (Å²) in [6, 6.07) is 15.1. The summed E-state index contributed by atoms with van der Waals surface area (Å²) in [5.74, 6) is 0.169. The van der Waals surface area contributed by atoms with E-state index in [1.165, 1.54) is 0 Å². The number of anilines is 1. The van der Waals surface area contributed by atoms with Crippen molar-refractivity contribution in [1.82, 2.24) is 19.9 Å². The standard InChI is InChI=1S/C23H21N5O2/c29-23(19-3-1-2-10-24-19)27-17-6-4-15(5-7-17)20-13-18-21(16-8-11-30-12-9-16)25-14-26-22(18)28-20/h1-7,10,13-14,16H,8-9,11-12H2,(H,27,29)(H,25,26,28). The lowest BCUT2D eigenvalue weighted by Crippen LogP contribution is -2.15. The van der Waals surface area contributed by atoms with Crippen LogP contribution in [-0.4, -0.2) is 39.1 Å². The lowest BCUT2D eigenvalue weighted by Gasteiger charge is -2.21. The fourth-order valence-corrected chi connectivity index (χ4v) is 3.84. The summed E-state index contributed by atoms with van der Waals surface area (Å²) in [5.41, 5.74) is 5.02. The Bertz CT molecular complexity index is 1170. The van der Waals surface area contributed by atoms with Crippen LogP contribution in [0, 0.1) is 0 Å². The summed E-state index contributed by atoms with van der Waals surface area (Å²) >= 11 is 0. The fraction of sp³-hybridized carbons (Fsp3) is 0.217. The van der Waals surface area contributed by atoms with Crippen LogP contribution in [0.3, 0.4) is 0 Å². The van der Waals surface area contributed by atoms with Crippen molar-refractivity contribution < 1.29 is 9.53 Å². The van der Waals surface area contributed by atoms with E-state index < -0.39 is 0 Å². The number of amides is 1. The van der Waals surface area contributed by atoms with Crippen molar-refractivity contribution in [3.63, 3.8) is 0 Å².